The van der Waals surface area contributed by atoms with Crippen LogP contribution in [-0.2, 0) is 19.1 Å². The van der Waals surface area contributed by atoms with Gasteiger partial charge in [0.1, 0.15) is 6.04 Å². The van der Waals surface area contributed by atoms with Gasteiger partial charge in [0.05, 0.1) is 16.8 Å². The van der Waals surface area contributed by atoms with Crippen molar-refractivity contribution in [3.05, 3.63) is 52.1 Å². The van der Waals surface area contributed by atoms with Gasteiger partial charge in [0.25, 0.3) is 5.69 Å². The van der Waals surface area contributed by atoms with E-state index in [9.17, 15) is 29.3 Å². The Morgan fingerprint density at radius 2 is 1.83 bits per heavy atom. The number of likely N-dealkylation sites (tertiary alicyclic amines) is 1. The number of ether oxygens (including phenoxy) is 1. The van der Waals surface area contributed by atoms with Gasteiger partial charge in [-0.05, 0) is 25.2 Å². The quantitative estimate of drug-likeness (QED) is 0.178. The summed E-state index contributed by atoms with van der Waals surface area (Å²) in [7, 11) is 0. The van der Waals surface area contributed by atoms with Crippen LogP contribution in [0.2, 0.25) is 0 Å². The number of carbonyl (C=O) groups excluding carboxylic acids is 4. The highest BCUT2D eigenvalue weighted by atomic mass is 16.6. The Morgan fingerprint density at radius 3 is 2.41 bits per heavy atom. The van der Waals surface area contributed by atoms with Gasteiger partial charge in [-0.25, -0.2) is 4.79 Å². The minimum Gasteiger partial charge on any atom is -0.456 e. The van der Waals surface area contributed by atoms with E-state index < -0.39 is 41.2 Å². The average Bonchev–Trinajstić information content (AvgIpc) is 3.39. The normalized spacial score (nSPS) is 27.8. The second-order valence-electron chi connectivity index (χ2n) is 7.56. The van der Waals surface area contributed by atoms with Crippen molar-refractivity contribution >= 4 is 29.3 Å². The molecular weight excluding hydrogens is 380 g/mol. The lowest BCUT2D eigenvalue weighted by Gasteiger charge is -2.23. The molecule has 0 aromatic heterocycles. The Morgan fingerprint density at radius 1 is 1.21 bits per heavy atom. The molecule has 0 radical (unpaired) electrons. The van der Waals surface area contributed by atoms with Crippen LogP contribution in [0.25, 0.3) is 0 Å². The van der Waals surface area contributed by atoms with Crippen LogP contribution in [0.15, 0.2) is 36.4 Å². The summed E-state index contributed by atoms with van der Waals surface area (Å²) in [6, 6.07) is 3.94. The molecular formula is C20H18N2O7. The van der Waals surface area contributed by atoms with Crippen molar-refractivity contribution in [2.75, 3.05) is 6.61 Å². The molecule has 1 aliphatic heterocycles. The molecule has 9 nitrogen and oxygen atoms in total. The van der Waals surface area contributed by atoms with E-state index in [1.165, 1.54) is 25.1 Å². The van der Waals surface area contributed by atoms with Gasteiger partial charge in [-0.3, -0.25) is 29.4 Å². The highest BCUT2D eigenvalue weighted by Crippen LogP contribution is 2.52. The molecule has 4 rings (SSSR count). The van der Waals surface area contributed by atoms with Crippen molar-refractivity contribution < 1.29 is 28.8 Å². The first-order valence-electron chi connectivity index (χ1n) is 9.29. The molecule has 0 N–H and O–H groups in total. The van der Waals surface area contributed by atoms with Crippen LogP contribution in [0.5, 0.6) is 0 Å². The van der Waals surface area contributed by atoms with E-state index in [1.807, 2.05) is 12.2 Å². The molecule has 2 amide bonds. The zero-order valence-electron chi connectivity index (χ0n) is 15.5. The first kappa shape index (κ1) is 19.0. The van der Waals surface area contributed by atoms with Gasteiger partial charge in [0.2, 0.25) is 17.6 Å². The van der Waals surface area contributed by atoms with Crippen LogP contribution >= 0.6 is 0 Å². The number of benzene rings is 1. The maximum absolute atomic E-state index is 12.7. The van der Waals surface area contributed by atoms with Crippen LogP contribution in [0.4, 0.5) is 5.69 Å². The number of allylic oxidation sites excluding steroid dienone is 2. The number of Topliss-reactive ketones (excluding diaryl/α,β-unsaturated/α-hetero) is 1. The van der Waals surface area contributed by atoms with Gasteiger partial charge < -0.3 is 4.74 Å². The lowest BCUT2D eigenvalue weighted by Crippen LogP contribution is -2.45. The Hall–Kier alpha value is -3.36. The number of amides is 2. The van der Waals surface area contributed by atoms with Crippen LogP contribution in [0.3, 0.4) is 0 Å². The van der Waals surface area contributed by atoms with E-state index in [2.05, 4.69) is 0 Å². The third-order valence-corrected chi connectivity index (χ3v) is 5.96. The number of imide groups is 1. The first-order valence-corrected chi connectivity index (χ1v) is 9.29. The van der Waals surface area contributed by atoms with Gasteiger partial charge in [0.15, 0.2) is 6.61 Å². The van der Waals surface area contributed by atoms with E-state index in [1.54, 1.807) is 0 Å². The topological polar surface area (TPSA) is 124 Å². The SMILES string of the molecule is C[C@@H](C(=O)OCC(=O)c1cccc([N+](=O)[O-])c1)N1C(=O)[C@@H]2[C@@H](C1=O)[C@H]1C=C[C@H]2C1. The average molecular weight is 398 g/mol. The molecule has 3 aliphatic rings. The summed E-state index contributed by atoms with van der Waals surface area (Å²) < 4.78 is 5.00. The Balaban J connectivity index is 1.40. The van der Waals surface area contributed by atoms with E-state index in [4.69, 9.17) is 4.74 Å². The fraction of sp³-hybridized carbons (Fsp3) is 0.400. The smallest absolute Gasteiger partial charge is 0.329 e. The van der Waals surface area contributed by atoms with Crippen LogP contribution in [0.1, 0.15) is 23.7 Å². The molecule has 0 unspecified atom stereocenters. The van der Waals surface area contributed by atoms with E-state index in [0.29, 0.717) is 0 Å². The molecule has 2 bridgehead atoms. The molecule has 1 saturated carbocycles. The predicted molar refractivity (Wildman–Crippen MR) is 97.4 cm³/mol. The molecule has 9 heteroatoms. The highest BCUT2D eigenvalue weighted by molar-refractivity contribution is 6.09. The van der Waals surface area contributed by atoms with Crippen molar-refractivity contribution in [3.8, 4) is 0 Å². The summed E-state index contributed by atoms with van der Waals surface area (Å²) in [5.74, 6) is -3.00. The van der Waals surface area contributed by atoms with Gasteiger partial charge in [-0.2, -0.15) is 0 Å². The summed E-state index contributed by atoms with van der Waals surface area (Å²) >= 11 is 0. The van der Waals surface area contributed by atoms with Crippen molar-refractivity contribution in [3.63, 3.8) is 0 Å². The summed E-state index contributed by atoms with van der Waals surface area (Å²) in [6.45, 7) is 0.757. The fourth-order valence-corrected chi connectivity index (χ4v) is 4.55. The molecule has 1 heterocycles. The standard InChI is InChI=1S/C20H18N2O7/c1-10(21-18(24)16-12-5-6-13(7-12)17(16)19(21)25)20(26)29-9-15(23)11-3-2-4-14(8-11)22(27)28/h2-6,8,10,12-13,16-17H,7,9H2,1H3/t10-,12-,13-,16-,17-/m0/s1. The van der Waals surface area contributed by atoms with Gasteiger partial charge in [0, 0.05) is 17.7 Å². The molecule has 150 valence electrons. The first-order chi connectivity index (χ1) is 13.8. The number of non-ortho nitro benzene ring substituents is 1. The summed E-state index contributed by atoms with van der Waals surface area (Å²) in [6.07, 6.45) is 4.71. The Bertz CT molecular complexity index is 939. The fourth-order valence-electron chi connectivity index (χ4n) is 4.55. The number of nitrogens with zero attached hydrogens (tertiary/aromatic N) is 2. The maximum atomic E-state index is 12.7. The number of esters is 1. The largest absolute Gasteiger partial charge is 0.456 e. The monoisotopic (exact) mass is 398 g/mol. The Kier molecular flexibility index (Phi) is 4.52. The second-order valence-corrected chi connectivity index (χ2v) is 7.56. The lowest BCUT2D eigenvalue weighted by molar-refractivity contribution is -0.384. The van der Waals surface area contributed by atoms with Crippen LogP contribution < -0.4 is 0 Å². The number of ketones is 1. The number of hydrogen-bond acceptors (Lipinski definition) is 7. The number of rotatable bonds is 6. The third-order valence-electron chi connectivity index (χ3n) is 5.96. The lowest BCUT2D eigenvalue weighted by atomic mass is 9.85. The molecule has 2 aliphatic carbocycles. The molecule has 2 fully saturated rings. The van der Waals surface area contributed by atoms with Gasteiger partial charge >= 0.3 is 5.97 Å². The maximum Gasteiger partial charge on any atom is 0.329 e. The molecule has 1 saturated heterocycles. The molecule has 5 atom stereocenters. The molecule has 1 aromatic carbocycles. The van der Waals surface area contributed by atoms with Gasteiger partial charge in [-0.1, -0.05) is 24.3 Å². The van der Waals surface area contributed by atoms with E-state index >= 15 is 0 Å². The summed E-state index contributed by atoms with van der Waals surface area (Å²) in [5.41, 5.74) is -0.219. The number of nitro benzene ring substituents is 1. The van der Waals surface area contributed by atoms with Crippen molar-refractivity contribution in [2.45, 2.75) is 19.4 Å². The highest BCUT2D eigenvalue weighted by Gasteiger charge is 2.60. The zero-order chi connectivity index (χ0) is 20.9. The molecule has 29 heavy (non-hydrogen) atoms. The van der Waals surface area contributed by atoms with Crippen LogP contribution in [-0.4, -0.2) is 46.0 Å². The second kappa shape index (κ2) is 6.91. The number of hydrogen-bond donors (Lipinski definition) is 0. The van der Waals surface area contributed by atoms with E-state index in [-0.39, 0.29) is 34.9 Å². The summed E-state index contributed by atoms with van der Waals surface area (Å²) in [4.78, 5) is 61.2. The van der Waals surface area contributed by atoms with E-state index in [0.717, 1.165) is 17.4 Å². The number of fused-ring (bicyclic) bond motifs is 5. The van der Waals surface area contributed by atoms with Crippen molar-refractivity contribution in [2.24, 2.45) is 23.7 Å². The van der Waals surface area contributed by atoms with Crippen molar-refractivity contribution in [1.29, 1.82) is 0 Å². The predicted octanol–water partition coefficient (Wildman–Crippen LogP) is 1.52. The van der Waals surface area contributed by atoms with Crippen molar-refractivity contribution in [1.82, 2.24) is 4.90 Å². The zero-order valence-corrected chi connectivity index (χ0v) is 15.5. The van der Waals surface area contributed by atoms with Crippen LogP contribution in [0, 0.1) is 33.8 Å². The molecule has 0 spiro atoms. The Labute approximate surface area is 165 Å². The summed E-state index contributed by atoms with van der Waals surface area (Å²) in [5, 5.41) is 10.8. The minimum atomic E-state index is -1.14. The molecule has 1 aromatic rings. The minimum absolute atomic E-state index is 0.0325. The third kappa shape index (κ3) is 3.02. The van der Waals surface area contributed by atoms with Gasteiger partial charge in [-0.15, -0.1) is 0 Å². The number of nitro groups is 1. The number of carbonyl (C=O) groups is 4.